The molecule has 1 aliphatic carbocycles. The van der Waals surface area contributed by atoms with Crippen LogP contribution < -0.4 is 5.32 Å². The van der Waals surface area contributed by atoms with Crippen LogP contribution in [0.5, 0.6) is 0 Å². The highest BCUT2D eigenvalue weighted by Gasteiger charge is 2.20. The summed E-state index contributed by atoms with van der Waals surface area (Å²) in [7, 11) is 0. The minimum atomic E-state index is 0.613. The van der Waals surface area contributed by atoms with Crippen LogP contribution in [0.25, 0.3) is 0 Å². The topological polar surface area (TPSA) is 48.7 Å². The normalized spacial score (nSPS) is 24.0. The average molecular weight is 229 g/mol. The van der Waals surface area contributed by atoms with E-state index in [0.717, 1.165) is 24.2 Å². The molecule has 0 aliphatic heterocycles. The van der Waals surface area contributed by atoms with Crippen molar-refractivity contribution in [1.29, 1.82) is 5.26 Å². The van der Waals surface area contributed by atoms with E-state index in [4.69, 9.17) is 5.26 Å². The summed E-state index contributed by atoms with van der Waals surface area (Å²) >= 11 is 0. The lowest BCUT2D eigenvalue weighted by molar-refractivity contribution is 0.268. The van der Waals surface area contributed by atoms with E-state index < -0.39 is 0 Å². The van der Waals surface area contributed by atoms with Gasteiger partial charge in [0, 0.05) is 12.7 Å². The Morgan fingerprint density at radius 1 is 1.41 bits per heavy atom. The standard InChI is InChI=1S/C14H19N3/c1-11-4-2-3-5-13(11)10-17-14-7-6-12(8-15)9-16-14/h6-7,9,11,13H,2-5,10H2,1H3,(H,16,17). The van der Waals surface area contributed by atoms with Crippen LogP contribution in [-0.4, -0.2) is 11.5 Å². The van der Waals surface area contributed by atoms with Crippen LogP contribution in [0.1, 0.15) is 38.2 Å². The van der Waals surface area contributed by atoms with Crippen LogP contribution in [0.15, 0.2) is 18.3 Å². The molecule has 1 N–H and O–H groups in total. The Morgan fingerprint density at radius 2 is 2.24 bits per heavy atom. The van der Waals surface area contributed by atoms with Gasteiger partial charge in [-0.25, -0.2) is 4.98 Å². The number of pyridine rings is 1. The molecule has 1 saturated carbocycles. The van der Waals surface area contributed by atoms with E-state index in [-0.39, 0.29) is 0 Å². The molecule has 0 spiro atoms. The summed E-state index contributed by atoms with van der Waals surface area (Å²) in [6.07, 6.45) is 7.04. The molecular weight excluding hydrogens is 210 g/mol. The first-order valence-corrected chi connectivity index (χ1v) is 6.39. The Morgan fingerprint density at radius 3 is 2.88 bits per heavy atom. The molecule has 90 valence electrons. The van der Waals surface area contributed by atoms with E-state index in [9.17, 15) is 0 Å². The molecule has 0 radical (unpaired) electrons. The predicted octanol–water partition coefficient (Wildman–Crippen LogP) is 3.19. The molecule has 1 aromatic heterocycles. The SMILES string of the molecule is CC1CCCCC1CNc1ccc(C#N)cn1. The quantitative estimate of drug-likeness (QED) is 0.866. The number of rotatable bonds is 3. The number of hydrogen-bond donors (Lipinski definition) is 1. The minimum Gasteiger partial charge on any atom is -0.370 e. The Hall–Kier alpha value is -1.56. The Labute approximate surface area is 103 Å². The molecule has 2 atom stereocenters. The van der Waals surface area contributed by atoms with E-state index in [0.29, 0.717) is 5.56 Å². The smallest absolute Gasteiger partial charge is 0.125 e. The predicted molar refractivity (Wildman–Crippen MR) is 68.6 cm³/mol. The van der Waals surface area contributed by atoms with Crippen molar-refractivity contribution >= 4 is 5.82 Å². The van der Waals surface area contributed by atoms with Crippen LogP contribution >= 0.6 is 0 Å². The Kier molecular flexibility index (Phi) is 3.98. The highest BCUT2D eigenvalue weighted by Crippen LogP contribution is 2.29. The first-order chi connectivity index (χ1) is 8.29. The zero-order valence-electron chi connectivity index (χ0n) is 10.3. The van der Waals surface area contributed by atoms with E-state index in [2.05, 4.69) is 23.3 Å². The van der Waals surface area contributed by atoms with E-state index in [1.807, 2.05) is 6.07 Å². The van der Waals surface area contributed by atoms with Crippen molar-refractivity contribution < 1.29 is 0 Å². The van der Waals surface area contributed by atoms with E-state index >= 15 is 0 Å². The third-order valence-corrected chi connectivity index (χ3v) is 3.73. The number of anilines is 1. The van der Waals surface area contributed by atoms with Crippen LogP contribution in [0.2, 0.25) is 0 Å². The second kappa shape index (κ2) is 5.67. The number of aromatic nitrogens is 1. The third-order valence-electron chi connectivity index (χ3n) is 3.73. The van der Waals surface area contributed by atoms with Gasteiger partial charge in [-0.2, -0.15) is 5.26 Å². The van der Waals surface area contributed by atoms with Gasteiger partial charge >= 0.3 is 0 Å². The van der Waals surface area contributed by atoms with Crippen molar-refractivity contribution in [2.24, 2.45) is 11.8 Å². The van der Waals surface area contributed by atoms with Gasteiger partial charge in [0.05, 0.1) is 5.56 Å². The number of hydrogen-bond acceptors (Lipinski definition) is 3. The van der Waals surface area contributed by atoms with Crippen molar-refractivity contribution in [2.45, 2.75) is 32.6 Å². The second-order valence-corrected chi connectivity index (χ2v) is 4.95. The molecule has 3 heteroatoms. The van der Waals surface area contributed by atoms with E-state index in [1.165, 1.54) is 25.7 Å². The average Bonchev–Trinajstić information content (AvgIpc) is 2.38. The number of nitriles is 1. The molecule has 17 heavy (non-hydrogen) atoms. The van der Waals surface area contributed by atoms with Gasteiger partial charge in [0.1, 0.15) is 11.9 Å². The molecule has 3 nitrogen and oxygen atoms in total. The van der Waals surface area contributed by atoms with Crippen LogP contribution in [-0.2, 0) is 0 Å². The van der Waals surface area contributed by atoms with Gasteiger partial charge < -0.3 is 5.32 Å². The van der Waals surface area contributed by atoms with Gasteiger partial charge in [-0.15, -0.1) is 0 Å². The summed E-state index contributed by atoms with van der Waals surface area (Å²) in [5, 5.41) is 12.1. The highest BCUT2D eigenvalue weighted by molar-refractivity contribution is 5.38. The van der Waals surface area contributed by atoms with E-state index in [1.54, 1.807) is 12.3 Å². The summed E-state index contributed by atoms with van der Waals surface area (Å²) < 4.78 is 0. The van der Waals surface area contributed by atoms with Gasteiger partial charge in [-0.1, -0.05) is 26.2 Å². The largest absolute Gasteiger partial charge is 0.370 e. The Balaban J connectivity index is 1.86. The van der Waals surface area contributed by atoms with Crippen molar-refractivity contribution in [3.8, 4) is 6.07 Å². The maximum Gasteiger partial charge on any atom is 0.125 e. The van der Waals surface area contributed by atoms with Crippen LogP contribution in [0, 0.1) is 23.2 Å². The number of nitrogens with zero attached hydrogens (tertiary/aromatic N) is 2. The molecule has 0 bridgehead atoms. The summed E-state index contributed by atoms with van der Waals surface area (Å²) in [6, 6.07) is 5.76. The summed E-state index contributed by atoms with van der Waals surface area (Å²) in [5.41, 5.74) is 0.613. The van der Waals surface area contributed by atoms with Gasteiger partial charge in [0.15, 0.2) is 0 Å². The molecule has 0 aromatic carbocycles. The molecule has 1 aromatic rings. The van der Waals surface area contributed by atoms with Crippen molar-refractivity contribution in [3.63, 3.8) is 0 Å². The van der Waals surface area contributed by atoms with Gasteiger partial charge in [0.25, 0.3) is 0 Å². The van der Waals surface area contributed by atoms with Crippen molar-refractivity contribution in [1.82, 2.24) is 4.98 Å². The van der Waals surface area contributed by atoms with Gasteiger partial charge in [-0.3, -0.25) is 0 Å². The molecule has 1 heterocycles. The van der Waals surface area contributed by atoms with Crippen molar-refractivity contribution in [3.05, 3.63) is 23.9 Å². The lowest BCUT2D eigenvalue weighted by atomic mass is 9.80. The molecule has 1 aliphatic rings. The summed E-state index contributed by atoms with van der Waals surface area (Å²) in [5.74, 6) is 2.46. The minimum absolute atomic E-state index is 0.613. The first kappa shape index (κ1) is 11.9. The molecule has 2 unspecified atom stereocenters. The van der Waals surface area contributed by atoms with Gasteiger partial charge in [-0.05, 0) is 30.4 Å². The Bertz CT molecular complexity index is 391. The first-order valence-electron chi connectivity index (χ1n) is 6.39. The number of nitrogens with one attached hydrogen (secondary N) is 1. The molecule has 0 amide bonds. The van der Waals surface area contributed by atoms with Crippen molar-refractivity contribution in [2.75, 3.05) is 11.9 Å². The van der Waals surface area contributed by atoms with Crippen LogP contribution in [0.3, 0.4) is 0 Å². The third kappa shape index (κ3) is 3.20. The maximum atomic E-state index is 8.69. The zero-order chi connectivity index (χ0) is 12.1. The monoisotopic (exact) mass is 229 g/mol. The molecule has 1 fully saturated rings. The molecular formula is C14H19N3. The highest BCUT2D eigenvalue weighted by atomic mass is 15.0. The summed E-state index contributed by atoms with van der Waals surface area (Å²) in [4.78, 5) is 4.23. The zero-order valence-corrected chi connectivity index (χ0v) is 10.3. The fourth-order valence-electron chi connectivity index (χ4n) is 2.50. The van der Waals surface area contributed by atoms with Gasteiger partial charge in [0.2, 0.25) is 0 Å². The fraction of sp³-hybridized carbons (Fsp3) is 0.571. The lowest BCUT2D eigenvalue weighted by Gasteiger charge is -2.28. The second-order valence-electron chi connectivity index (χ2n) is 4.95. The van der Waals surface area contributed by atoms with Crippen LogP contribution in [0.4, 0.5) is 5.82 Å². The lowest BCUT2D eigenvalue weighted by Crippen LogP contribution is -2.24. The molecule has 0 saturated heterocycles. The summed E-state index contributed by atoms with van der Waals surface area (Å²) in [6.45, 7) is 3.35. The fourth-order valence-corrected chi connectivity index (χ4v) is 2.50. The molecule has 2 rings (SSSR count). The maximum absolute atomic E-state index is 8.69.